The van der Waals surface area contributed by atoms with Crippen molar-refractivity contribution in [1.29, 1.82) is 0 Å². The normalized spacial score (nSPS) is 11.4. The fourth-order valence-corrected chi connectivity index (χ4v) is 3.89. The van der Waals surface area contributed by atoms with Crippen LogP contribution in [0.3, 0.4) is 0 Å². The van der Waals surface area contributed by atoms with E-state index in [-0.39, 0.29) is 5.91 Å². The van der Waals surface area contributed by atoms with Crippen LogP contribution in [0.1, 0.15) is 18.1 Å². The molecule has 1 amide bonds. The second-order valence-corrected chi connectivity index (χ2v) is 7.95. The summed E-state index contributed by atoms with van der Waals surface area (Å²) in [4.78, 5) is 12.8. The van der Waals surface area contributed by atoms with E-state index in [1.807, 2.05) is 68.4 Å². The quantitative estimate of drug-likeness (QED) is 0.322. The molecule has 0 aliphatic rings. The number of aryl methyl sites for hydroxylation is 1. The van der Waals surface area contributed by atoms with Gasteiger partial charge < -0.3 is 23.9 Å². The monoisotopic (exact) mass is 457 g/mol. The molecular formula is C28H27NO5. The second-order valence-electron chi connectivity index (χ2n) is 7.95. The van der Waals surface area contributed by atoms with Crippen molar-refractivity contribution >= 4 is 28.1 Å². The Hall–Kier alpha value is -4.19. The zero-order valence-corrected chi connectivity index (χ0v) is 19.9. The summed E-state index contributed by atoms with van der Waals surface area (Å²) in [6.07, 6.45) is 3.28. The number of anilines is 1. The number of carbonyl (C=O) groups is 1. The lowest BCUT2D eigenvalue weighted by Crippen LogP contribution is -2.10. The molecule has 4 aromatic rings. The molecule has 0 saturated carbocycles. The molecule has 6 heteroatoms. The van der Waals surface area contributed by atoms with Gasteiger partial charge >= 0.3 is 0 Å². The lowest BCUT2D eigenvalue weighted by molar-refractivity contribution is -0.111. The Balaban J connectivity index is 1.70. The molecule has 0 unspecified atom stereocenters. The van der Waals surface area contributed by atoms with Crippen molar-refractivity contribution in [2.75, 3.05) is 26.6 Å². The third-order valence-corrected chi connectivity index (χ3v) is 5.68. The number of hydrogen-bond acceptors (Lipinski definition) is 5. The minimum atomic E-state index is -0.258. The van der Waals surface area contributed by atoms with Crippen LogP contribution in [0, 0.1) is 6.92 Å². The fourth-order valence-electron chi connectivity index (χ4n) is 3.89. The molecule has 1 N–H and O–H groups in total. The van der Waals surface area contributed by atoms with Gasteiger partial charge in [-0.15, -0.1) is 0 Å². The number of allylic oxidation sites excluding steroid dienone is 1. The van der Waals surface area contributed by atoms with E-state index >= 15 is 0 Å². The highest BCUT2D eigenvalue weighted by molar-refractivity contribution is 6.06. The van der Waals surface area contributed by atoms with E-state index in [0.717, 1.165) is 39.0 Å². The van der Waals surface area contributed by atoms with Crippen LogP contribution in [0.5, 0.6) is 17.2 Å². The first kappa shape index (κ1) is 23.0. The molecule has 1 heterocycles. The number of methoxy groups -OCH3 is 3. The summed E-state index contributed by atoms with van der Waals surface area (Å²) in [6.45, 7) is 3.84. The Morgan fingerprint density at radius 2 is 1.65 bits per heavy atom. The Bertz CT molecular complexity index is 1370. The maximum absolute atomic E-state index is 12.8. The number of nitrogens with one attached hydrogen (secondary N) is 1. The van der Waals surface area contributed by atoms with Crippen LogP contribution >= 0.6 is 0 Å². The third kappa shape index (κ3) is 4.62. The summed E-state index contributed by atoms with van der Waals surface area (Å²) in [5, 5.41) is 3.83. The average molecular weight is 458 g/mol. The molecule has 0 atom stereocenters. The smallest absolute Gasteiger partial charge is 0.248 e. The number of amides is 1. The van der Waals surface area contributed by atoms with Crippen molar-refractivity contribution < 1.29 is 23.4 Å². The van der Waals surface area contributed by atoms with E-state index in [9.17, 15) is 4.79 Å². The van der Waals surface area contributed by atoms with Gasteiger partial charge in [-0.05, 0) is 60.9 Å². The number of fused-ring (bicyclic) bond motifs is 1. The second kappa shape index (κ2) is 9.75. The van der Waals surface area contributed by atoms with Crippen molar-refractivity contribution in [2.24, 2.45) is 0 Å². The van der Waals surface area contributed by atoms with Crippen LogP contribution in [0.4, 0.5) is 5.69 Å². The standard InChI is InChI=1S/C28H27NO5/c1-17-6-11-25(32-4)24(12-17)29-28(30)13-18(2)21-14-22-23(16-34-27(22)15-26(21)33-5)19-7-9-20(31-3)10-8-19/h6-16H,1-5H3,(H,29,30)/b18-13+. The van der Waals surface area contributed by atoms with E-state index in [2.05, 4.69) is 5.32 Å². The third-order valence-electron chi connectivity index (χ3n) is 5.68. The molecule has 0 saturated heterocycles. The first-order valence-corrected chi connectivity index (χ1v) is 10.8. The van der Waals surface area contributed by atoms with Crippen molar-refractivity contribution in [1.82, 2.24) is 0 Å². The van der Waals surface area contributed by atoms with E-state index < -0.39 is 0 Å². The highest BCUT2D eigenvalue weighted by Crippen LogP contribution is 2.38. The first-order valence-electron chi connectivity index (χ1n) is 10.8. The summed E-state index contributed by atoms with van der Waals surface area (Å²) in [6, 6.07) is 17.3. The minimum absolute atomic E-state index is 0.258. The summed E-state index contributed by atoms with van der Waals surface area (Å²) in [5.41, 5.74) is 5.85. The van der Waals surface area contributed by atoms with Gasteiger partial charge in [0.1, 0.15) is 22.8 Å². The van der Waals surface area contributed by atoms with Crippen molar-refractivity contribution in [3.63, 3.8) is 0 Å². The lowest BCUT2D eigenvalue weighted by atomic mass is 9.99. The fraction of sp³-hybridized carbons (Fsp3) is 0.179. The zero-order valence-electron chi connectivity index (χ0n) is 19.9. The molecule has 0 aliphatic carbocycles. The van der Waals surface area contributed by atoms with Gasteiger partial charge in [0.15, 0.2) is 0 Å². The number of hydrogen-bond donors (Lipinski definition) is 1. The summed E-state index contributed by atoms with van der Waals surface area (Å²) < 4.78 is 22.0. The summed E-state index contributed by atoms with van der Waals surface area (Å²) >= 11 is 0. The lowest BCUT2D eigenvalue weighted by Gasteiger charge is -2.12. The van der Waals surface area contributed by atoms with Crippen molar-refractivity contribution in [3.05, 3.63) is 78.1 Å². The van der Waals surface area contributed by atoms with Crippen molar-refractivity contribution in [2.45, 2.75) is 13.8 Å². The minimum Gasteiger partial charge on any atom is -0.497 e. The van der Waals surface area contributed by atoms with Gasteiger partial charge in [-0.1, -0.05) is 18.2 Å². The molecule has 4 rings (SSSR count). The predicted octanol–water partition coefficient (Wildman–Crippen LogP) is 6.48. The van der Waals surface area contributed by atoms with Gasteiger partial charge in [0.05, 0.1) is 33.3 Å². The number of carbonyl (C=O) groups excluding carboxylic acids is 1. The largest absolute Gasteiger partial charge is 0.497 e. The molecule has 3 aromatic carbocycles. The van der Waals surface area contributed by atoms with Gasteiger partial charge in [-0.3, -0.25) is 4.79 Å². The highest BCUT2D eigenvalue weighted by atomic mass is 16.5. The predicted molar refractivity (Wildman–Crippen MR) is 135 cm³/mol. The molecule has 34 heavy (non-hydrogen) atoms. The van der Waals surface area contributed by atoms with E-state index in [1.165, 1.54) is 0 Å². The maximum atomic E-state index is 12.8. The zero-order chi connectivity index (χ0) is 24.2. The molecule has 0 fully saturated rings. The molecule has 0 aliphatic heterocycles. The van der Waals surface area contributed by atoms with Gasteiger partial charge in [0.25, 0.3) is 0 Å². The van der Waals surface area contributed by atoms with Crippen molar-refractivity contribution in [3.8, 4) is 28.4 Å². The Labute approximate surface area is 198 Å². The number of benzene rings is 3. The van der Waals surface area contributed by atoms with Gasteiger partial charge in [0, 0.05) is 28.7 Å². The number of ether oxygens (including phenoxy) is 3. The highest BCUT2D eigenvalue weighted by Gasteiger charge is 2.15. The average Bonchev–Trinajstić information content (AvgIpc) is 3.26. The van der Waals surface area contributed by atoms with Gasteiger partial charge in [-0.25, -0.2) is 0 Å². The topological polar surface area (TPSA) is 69.9 Å². The van der Waals surface area contributed by atoms with Gasteiger partial charge in [0.2, 0.25) is 5.91 Å². The van der Waals surface area contributed by atoms with Crippen LogP contribution in [0.2, 0.25) is 0 Å². The number of furan rings is 1. The summed E-state index contributed by atoms with van der Waals surface area (Å²) in [5.74, 6) is 1.75. The Kier molecular flexibility index (Phi) is 6.59. The summed E-state index contributed by atoms with van der Waals surface area (Å²) in [7, 11) is 4.82. The van der Waals surface area contributed by atoms with Crippen LogP contribution in [-0.2, 0) is 4.79 Å². The molecule has 174 valence electrons. The van der Waals surface area contributed by atoms with Gasteiger partial charge in [-0.2, -0.15) is 0 Å². The first-order chi connectivity index (χ1) is 16.4. The van der Waals surface area contributed by atoms with Crippen LogP contribution in [-0.4, -0.2) is 27.2 Å². The molecule has 0 spiro atoms. The maximum Gasteiger partial charge on any atom is 0.248 e. The molecule has 0 bridgehead atoms. The molecule has 0 radical (unpaired) electrons. The van der Waals surface area contributed by atoms with E-state index in [4.69, 9.17) is 18.6 Å². The van der Waals surface area contributed by atoms with Crippen LogP contribution < -0.4 is 19.5 Å². The van der Waals surface area contributed by atoms with Crippen LogP contribution in [0.25, 0.3) is 27.7 Å². The number of rotatable bonds is 7. The van der Waals surface area contributed by atoms with Crippen LogP contribution in [0.15, 0.2) is 71.4 Å². The molecule has 1 aromatic heterocycles. The van der Waals surface area contributed by atoms with E-state index in [1.54, 1.807) is 33.7 Å². The molecular weight excluding hydrogens is 430 g/mol. The SMILES string of the molecule is COc1ccc(-c2coc3cc(OC)c(/C(C)=C/C(=O)Nc4cc(C)ccc4OC)cc23)cc1. The Morgan fingerprint density at radius 1 is 0.912 bits per heavy atom. The Morgan fingerprint density at radius 3 is 2.32 bits per heavy atom. The van der Waals surface area contributed by atoms with E-state index in [0.29, 0.717) is 22.8 Å². The molecule has 6 nitrogen and oxygen atoms in total.